The molecule has 0 amide bonds. The molecule has 1 aromatic rings. The van der Waals surface area contributed by atoms with Gasteiger partial charge in [0.1, 0.15) is 0 Å². The molecule has 0 radical (unpaired) electrons. The van der Waals surface area contributed by atoms with Crippen molar-refractivity contribution in [3.05, 3.63) is 34.9 Å². The molecule has 0 spiro atoms. The van der Waals surface area contributed by atoms with Gasteiger partial charge in [0, 0.05) is 11.5 Å². The monoisotopic (exact) mass is 272 g/mol. The number of Topliss-reactive ketones (excluding diaryl/α,β-unsaturated/α-hetero) is 1. The number of fused-ring (bicyclic) bond motifs is 1. The van der Waals surface area contributed by atoms with Crippen molar-refractivity contribution in [2.24, 2.45) is 17.8 Å². The number of ketones is 1. The van der Waals surface area contributed by atoms with Crippen LogP contribution in [0.15, 0.2) is 18.2 Å². The standard InChI is InChI=1S/C17H20O3/c1-10-7-14(15(8-10)17(19)20)16(18)13-6-5-11-3-2-4-12(11)9-13/h5-6,9-10,14-15H,2-4,7-8H2,1H3,(H,19,20). The van der Waals surface area contributed by atoms with Crippen LogP contribution in [0.3, 0.4) is 0 Å². The molecule has 1 N–H and O–H groups in total. The van der Waals surface area contributed by atoms with Crippen LogP contribution in [0.5, 0.6) is 0 Å². The highest BCUT2D eigenvalue weighted by Gasteiger charge is 2.41. The average molecular weight is 272 g/mol. The van der Waals surface area contributed by atoms with E-state index in [1.54, 1.807) is 0 Å². The molecule has 0 aliphatic heterocycles. The summed E-state index contributed by atoms with van der Waals surface area (Å²) in [5.41, 5.74) is 3.32. The van der Waals surface area contributed by atoms with Gasteiger partial charge in [-0.15, -0.1) is 0 Å². The van der Waals surface area contributed by atoms with Gasteiger partial charge in [0.2, 0.25) is 0 Å². The number of hydrogen-bond acceptors (Lipinski definition) is 2. The Morgan fingerprint density at radius 2 is 1.80 bits per heavy atom. The molecule has 106 valence electrons. The number of aliphatic carboxylic acids is 1. The second kappa shape index (κ2) is 5.04. The van der Waals surface area contributed by atoms with E-state index >= 15 is 0 Å². The number of benzene rings is 1. The van der Waals surface area contributed by atoms with E-state index < -0.39 is 11.9 Å². The zero-order valence-corrected chi connectivity index (χ0v) is 11.8. The van der Waals surface area contributed by atoms with E-state index in [1.165, 1.54) is 11.1 Å². The summed E-state index contributed by atoms with van der Waals surface area (Å²) in [6, 6.07) is 5.92. The number of carboxylic acids is 1. The third-order valence-electron chi connectivity index (χ3n) is 4.84. The molecule has 1 aromatic carbocycles. The minimum absolute atomic E-state index is 0.0245. The normalized spacial score (nSPS) is 28.4. The molecule has 2 aliphatic carbocycles. The Morgan fingerprint density at radius 3 is 2.55 bits per heavy atom. The molecule has 1 fully saturated rings. The van der Waals surface area contributed by atoms with Gasteiger partial charge < -0.3 is 5.11 Å². The molecule has 3 heteroatoms. The lowest BCUT2D eigenvalue weighted by atomic mass is 9.87. The first-order chi connectivity index (χ1) is 9.56. The van der Waals surface area contributed by atoms with Gasteiger partial charge in [0.15, 0.2) is 5.78 Å². The summed E-state index contributed by atoms with van der Waals surface area (Å²) in [6.45, 7) is 2.03. The molecule has 0 aromatic heterocycles. The highest BCUT2D eigenvalue weighted by atomic mass is 16.4. The summed E-state index contributed by atoms with van der Waals surface area (Å²) in [6.07, 6.45) is 4.62. The van der Waals surface area contributed by atoms with Gasteiger partial charge in [0.25, 0.3) is 0 Å². The number of rotatable bonds is 3. The van der Waals surface area contributed by atoms with Gasteiger partial charge in [-0.3, -0.25) is 9.59 Å². The molecular formula is C17H20O3. The summed E-state index contributed by atoms with van der Waals surface area (Å²) < 4.78 is 0. The van der Waals surface area contributed by atoms with Crippen molar-refractivity contribution in [1.29, 1.82) is 0 Å². The van der Waals surface area contributed by atoms with Crippen LogP contribution in [-0.4, -0.2) is 16.9 Å². The minimum atomic E-state index is -0.825. The summed E-state index contributed by atoms with van der Waals surface area (Å²) in [4.78, 5) is 24.0. The lowest BCUT2D eigenvalue weighted by Crippen LogP contribution is -2.25. The van der Waals surface area contributed by atoms with E-state index in [-0.39, 0.29) is 11.7 Å². The van der Waals surface area contributed by atoms with Crippen molar-refractivity contribution in [3.8, 4) is 0 Å². The number of aryl methyl sites for hydroxylation is 2. The summed E-state index contributed by atoms with van der Waals surface area (Å²) in [7, 11) is 0. The Kier molecular flexibility index (Phi) is 3.36. The van der Waals surface area contributed by atoms with E-state index in [9.17, 15) is 14.7 Å². The predicted octanol–water partition coefficient (Wildman–Crippen LogP) is 3.10. The topological polar surface area (TPSA) is 54.4 Å². The maximum Gasteiger partial charge on any atom is 0.307 e. The average Bonchev–Trinajstić information content (AvgIpc) is 3.02. The van der Waals surface area contributed by atoms with Gasteiger partial charge in [-0.1, -0.05) is 19.1 Å². The maximum atomic E-state index is 12.6. The summed E-state index contributed by atoms with van der Waals surface area (Å²) in [5, 5.41) is 9.30. The number of carbonyl (C=O) groups is 2. The van der Waals surface area contributed by atoms with Crippen molar-refractivity contribution in [2.45, 2.75) is 39.0 Å². The van der Waals surface area contributed by atoms with Crippen molar-refractivity contribution in [1.82, 2.24) is 0 Å². The van der Waals surface area contributed by atoms with Crippen LogP contribution in [0.4, 0.5) is 0 Å². The van der Waals surface area contributed by atoms with Gasteiger partial charge >= 0.3 is 5.97 Å². The molecule has 3 rings (SSSR count). The molecule has 0 saturated heterocycles. The minimum Gasteiger partial charge on any atom is -0.481 e. The number of carboxylic acid groups (broad SMARTS) is 1. The fourth-order valence-corrected chi connectivity index (χ4v) is 3.79. The summed E-state index contributed by atoms with van der Waals surface area (Å²) >= 11 is 0. The van der Waals surface area contributed by atoms with Gasteiger partial charge in [-0.05, 0) is 55.2 Å². The van der Waals surface area contributed by atoms with Crippen LogP contribution in [0.25, 0.3) is 0 Å². The Labute approximate surface area is 119 Å². The van der Waals surface area contributed by atoms with Crippen LogP contribution in [0.2, 0.25) is 0 Å². The first-order valence-corrected chi connectivity index (χ1v) is 7.45. The molecular weight excluding hydrogens is 252 g/mol. The quantitative estimate of drug-likeness (QED) is 0.860. The van der Waals surface area contributed by atoms with E-state index in [0.717, 1.165) is 19.3 Å². The van der Waals surface area contributed by atoms with Gasteiger partial charge in [-0.2, -0.15) is 0 Å². The summed E-state index contributed by atoms with van der Waals surface area (Å²) in [5.74, 6) is -1.34. The molecule has 0 bridgehead atoms. The maximum absolute atomic E-state index is 12.6. The molecule has 3 atom stereocenters. The number of carbonyl (C=O) groups excluding carboxylic acids is 1. The first kappa shape index (κ1) is 13.3. The van der Waals surface area contributed by atoms with E-state index in [4.69, 9.17) is 0 Å². The van der Waals surface area contributed by atoms with Crippen LogP contribution < -0.4 is 0 Å². The first-order valence-electron chi connectivity index (χ1n) is 7.45. The van der Waals surface area contributed by atoms with E-state index in [2.05, 4.69) is 0 Å². The predicted molar refractivity (Wildman–Crippen MR) is 75.8 cm³/mol. The zero-order valence-electron chi connectivity index (χ0n) is 11.8. The highest BCUT2D eigenvalue weighted by Crippen LogP contribution is 2.38. The SMILES string of the molecule is CC1CC(C(=O)O)C(C(=O)c2ccc3c(c2)CCC3)C1. The lowest BCUT2D eigenvalue weighted by molar-refractivity contribution is -0.142. The van der Waals surface area contributed by atoms with Crippen LogP contribution in [0, 0.1) is 17.8 Å². The molecule has 2 aliphatic rings. The largest absolute Gasteiger partial charge is 0.481 e. The van der Waals surface area contributed by atoms with Crippen molar-refractivity contribution >= 4 is 11.8 Å². The van der Waals surface area contributed by atoms with Crippen LogP contribution >= 0.6 is 0 Å². The molecule has 20 heavy (non-hydrogen) atoms. The van der Waals surface area contributed by atoms with Gasteiger partial charge in [0.05, 0.1) is 5.92 Å². The Hall–Kier alpha value is -1.64. The Morgan fingerprint density at radius 1 is 1.10 bits per heavy atom. The van der Waals surface area contributed by atoms with Crippen LogP contribution in [0.1, 0.15) is 47.7 Å². The van der Waals surface area contributed by atoms with Crippen molar-refractivity contribution in [3.63, 3.8) is 0 Å². The second-order valence-corrected chi connectivity index (χ2v) is 6.33. The van der Waals surface area contributed by atoms with E-state index in [0.29, 0.717) is 24.3 Å². The lowest BCUT2D eigenvalue weighted by Gasteiger charge is -2.15. The smallest absolute Gasteiger partial charge is 0.307 e. The van der Waals surface area contributed by atoms with E-state index in [1.807, 2.05) is 25.1 Å². The molecule has 0 heterocycles. The highest BCUT2D eigenvalue weighted by molar-refractivity contribution is 6.00. The van der Waals surface area contributed by atoms with Gasteiger partial charge in [-0.25, -0.2) is 0 Å². The molecule has 3 unspecified atom stereocenters. The fraction of sp³-hybridized carbons (Fsp3) is 0.529. The van der Waals surface area contributed by atoms with Crippen LogP contribution in [-0.2, 0) is 17.6 Å². The van der Waals surface area contributed by atoms with Crippen molar-refractivity contribution in [2.75, 3.05) is 0 Å². The number of hydrogen-bond donors (Lipinski definition) is 1. The Balaban J connectivity index is 1.86. The third kappa shape index (κ3) is 2.26. The molecule has 3 nitrogen and oxygen atoms in total. The Bertz CT molecular complexity index is 561. The zero-order chi connectivity index (χ0) is 14.3. The molecule has 1 saturated carbocycles. The fourth-order valence-electron chi connectivity index (χ4n) is 3.79. The second-order valence-electron chi connectivity index (χ2n) is 6.33. The third-order valence-corrected chi connectivity index (χ3v) is 4.84. The van der Waals surface area contributed by atoms with Crippen molar-refractivity contribution < 1.29 is 14.7 Å².